The number of nitrogens with one attached hydrogen (secondary N) is 2. The molecule has 0 atom stereocenters. The van der Waals surface area contributed by atoms with Crippen molar-refractivity contribution in [3.8, 4) is 0 Å². The zero-order valence-electron chi connectivity index (χ0n) is 12.1. The fourth-order valence-electron chi connectivity index (χ4n) is 1.67. The van der Waals surface area contributed by atoms with E-state index in [4.69, 9.17) is 5.11 Å². The number of carbonyl (C=O) groups is 2. The number of aryl methyl sites for hydroxylation is 2. The van der Waals surface area contributed by atoms with Crippen molar-refractivity contribution in [1.82, 2.24) is 9.99 Å². The van der Waals surface area contributed by atoms with Gasteiger partial charge in [-0.1, -0.05) is 0 Å². The lowest BCUT2D eigenvalue weighted by molar-refractivity contribution is -0.114. The number of thiophene rings is 1. The SMILES string of the molecule is CC(=O)Nc1nc(CCc2ccc(NN(C)C(=O)O)s2)cs1. The fraction of sp³-hybridized carbons (Fsp3) is 0.308. The number of carbonyl (C=O) groups excluding carboxylic acids is 1. The molecule has 0 bridgehead atoms. The Labute approximate surface area is 135 Å². The Bertz CT molecular complexity index is 668. The van der Waals surface area contributed by atoms with Gasteiger partial charge >= 0.3 is 6.09 Å². The van der Waals surface area contributed by atoms with Gasteiger partial charge in [-0.15, -0.1) is 22.7 Å². The van der Waals surface area contributed by atoms with Crippen LogP contribution in [-0.4, -0.2) is 34.1 Å². The number of rotatable bonds is 6. The molecule has 0 aliphatic heterocycles. The van der Waals surface area contributed by atoms with E-state index in [-0.39, 0.29) is 5.91 Å². The molecule has 0 aliphatic carbocycles. The van der Waals surface area contributed by atoms with Gasteiger partial charge in [0, 0.05) is 24.2 Å². The Balaban J connectivity index is 1.87. The van der Waals surface area contributed by atoms with E-state index < -0.39 is 6.09 Å². The molecule has 3 N–H and O–H groups in total. The number of hydrogen-bond donors (Lipinski definition) is 3. The normalized spacial score (nSPS) is 10.3. The van der Waals surface area contributed by atoms with Gasteiger partial charge in [0.15, 0.2) is 5.13 Å². The summed E-state index contributed by atoms with van der Waals surface area (Å²) in [5.41, 5.74) is 3.71. The summed E-state index contributed by atoms with van der Waals surface area (Å²) in [7, 11) is 1.44. The summed E-state index contributed by atoms with van der Waals surface area (Å²) in [5, 5.41) is 15.8. The first-order valence-corrected chi connectivity index (χ1v) is 8.17. The highest BCUT2D eigenvalue weighted by Crippen LogP contribution is 2.24. The second-order valence-electron chi connectivity index (χ2n) is 4.54. The molecule has 0 saturated carbocycles. The Morgan fingerprint density at radius 3 is 2.82 bits per heavy atom. The van der Waals surface area contributed by atoms with Gasteiger partial charge in [-0.3, -0.25) is 10.2 Å². The van der Waals surface area contributed by atoms with E-state index in [0.717, 1.165) is 33.4 Å². The number of amides is 2. The van der Waals surface area contributed by atoms with Crippen molar-refractivity contribution < 1.29 is 14.7 Å². The lowest BCUT2D eigenvalue weighted by atomic mass is 10.2. The molecule has 0 aromatic carbocycles. The smallest absolute Gasteiger partial charge is 0.425 e. The first-order valence-electron chi connectivity index (χ1n) is 6.48. The van der Waals surface area contributed by atoms with Crippen molar-refractivity contribution in [1.29, 1.82) is 0 Å². The highest BCUT2D eigenvalue weighted by atomic mass is 32.1. The topological polar surface area (TPSA) is 94.6 Å². The summed E-state index contributed by atoms with van der Waals surface area (Å²) in [6.07, 6.45) is 0.542. The van der Waals surface area contributed by atoms with Gasteiger partial charge in [0.05, 0.1) is 5.69 Å². The summed E-state index contributed by atoms with van der Waals surface area (Å²) < 4.78 is 0. The third-order valence-corrected chi connectivity index (χ3v) is 4.54. The second-order valence-corrected chi connectivity index (χ2v) is 6.57. The van der Waals surface area contributed by atoms with Crippen LogP contribution in [0.5, 0.6) is 0 Å². The Morgan fingerprint density at radius 1 is 1.36 bits per heavy atom. The van der Waals surface area contributed by atoms with E-state index in [0.29, 0.717) is 5.13 Å². The van der Waals surface area contributed by atoms with Crippen molar-refractivity contribution in [3.63, 3.8) is 0 Å². The van der Waals surface area contributed by atoms with Crippen LogP contribution >= 0.6 is 22.7 Å². The first-order chi connectivity index (χ1) is 10.4. The quantitative estimate of drug-likeness (QED) is 0.703. The molecule has 2 amide bonds. The standard InChI is InChI=1S/C13H16N4O3S2/c1-8(18)14-12-15-9(7-21-12)3-4-10-5-6-11(22-10)16-17(2)13(19)20/h5-7,16H,3-4H2,1-2H3,(H,19,20)(H,14,15,18). The third kappa shape index (κ3) is 4.71. The van der Waals surface area contributed by atoms with Crippen LogP contribution < -0.4 is 10.7 Å². The average Bonchev–Trinajstić information content (AvgIpc) is 3.05. The van der Waals surface area contributed by atoms with Crippen LogP contribution in [0.4, 0.5) is 14.9 Å². The molecule has 22 heavy (non-hydrogen) atoms. The molecule has 2 heterocycles. The van der Waals surface area contributed by atoms with Crippen molar-refractivity contribution in [2.24, 2.45) is 0 Å². The molecule has 0 fully saturated rings. The van der Waals surface area contributed by atoms with Crippen LogP contribution in [-0.2, 0) is 17.6 Å². The summed E-state index contributed by atoms with van der Waals surface area (Å²) in [5.74, 6) is -0.127. The average molecular weight is 340 g/mol. The zero-order valence-corrected chi connectivity index (χ0v) is 13.8. The number of nitrogens with zero attached hydrogens (tertiary/aromatic N) is 2. The highest BCUT2D eigenvalue weighted by molar-refractivity contribution is 7.16. The lowest BCUT2D eigenvalue weighted by Gasteiger charge is -2.13. The van der Waals surface area contributed by atoms with Crippen molar-refractivity contribution in [2.75, 3.05) is 17.8 Å². The summed E-state index contributed by atoms with van der Waals surface area (Å²) in [6, 6.07) is 3.81. The van der Waals surface area contributed by atoms with Crippen molar-refractivity contribution in [3.05, 3.63) is 28.1 Å². The lowest BCUT2D eigenvalue weighted by Crippen LogP contribution is -2.30. The molecule has 0 unspecified atom stereocenters. The number of carboxylic acid groups (broad SMARTS) is 1. The Hall–Kier alpha value is -2.13. The van der Waals surface area contributed by atoms with Crippen LogP contribution in [0.1, 0.15) is 17.5 Å². The maximum Gasteiger partial charge on any atom is 0.425 e. The maximum atomic E-state index is 10.9. The zero-order chi connectivity index (χ0) is 16.1. The Morgan fingerprint density at radius 2 is 2.14 bits per heavy atom. The second kappa shape index (κ2) is 7.23. The molecular formula is C13H16N4O3S2. The number of aromatic nitrogens is 1. The fourth-order valence-corrected chi connectivity index (χ4v) is 3.40. The molecule has 9 heteroatoms. The maximum absolute atomic E-state index is 10.9. The first kappa shape index (κ1) is 16.2. The largest absolute Gasteiger partial charge is 0.464 e. The molecule has 0 radical (unpaired) electrons. The summed E-state index contributed by atoms with van der Waals surface area (Å²) >= 11 is 2.91. The van der Waals surface area contributed by atoms with Gasteiger partial charge in [-0.25, -0.2) is 14.8 Å². The van der Waals surface area contributed by atoms with Gasteiger partial charge in [-0.05, 0) is 25.0 Å². The summed E-state index contributed by atoms with van der Waals surface area (Å²) in [6.45, 7) is 1.45. The third-order valence-electron chi connectivity index (χ3n) is 2.69. The van der Waals surface area contributed by atoms with Gasteiger partial charge in [0.2, 0.25) is 5.91 Å². The summed E-state index contributed by atoms with van der Waals surface area (Å²) in [4.78, 5) is 27.1. The predicted molar refractivity (Wildman–Crippen MR) is 87.6 cm³/mol. The van der Waals surface area contributed by atoms with Crippen LogP contribution in [0.25, 0.3) is 0 Å². The molecule has 2 aromatic heterocycles. The molecule has 118 valence electrons. The Kier molecular flexibility index (Phi) is 5.34. The molecule has 2 aromatic rings. The van der Waals surface area contributed by atoms with Gasteiger partial charge < -0.3 is 10.4 Å². The van der Waals surface area contributed by atoms with Crippen LogP contribution in [0.3, 0.4) is 0 Å². The minimum absolute atomic E-state index is 0.127. The number of hydrazine groups is 1. The van der Waals surface area contributed by atoms with E-state index in [9.17, 15) is 9.59 Å². The minimum Gasteiger partial charge on any atom is -0.464 e. The molecule has 0 spiro atoms. The van der Waals surface area contributed by atoms with Crippen LogP contribution in [0.15, 0.2) is 17.5 Å². The van der Waals surface area contributed by atoms with Gasteiger partial charge in [-0.2, -0.15) is 0 Å². The van der Waals surface area contributed by atoms with E-state index in [2.05, 4.69) is 15.7 Å². The van der Waals surface area contributed by atoms with Crippen molar-refractivity contribution >= 4 is 44.8 Å². The van der Waals surface area contributed by atoms with E-state index in [1.807, 2.05) is 17.5 Å². The van der Waals surface area contributed by atoms with Crippen molar-refractivity contribution in [2.45, 2.75) is 19.8 Å². The molecular weight excluding hydrogens is 324 g/mol. The number of thiazole rings is 1. The molecule has 2 rings (SSSR count). The van der Waals surface area contributed by atoms with E-state index in [1.54, 1.807) is 0 Å². The number of hydrogen-bond acceptors (Lipinski definition) is 6. The van der Waals surface area contributed by atoms with Gasteiger partial charge in [0.25, 0.3) is 0 Å². The predicted octanol–water partition coefficient (Wildman–Crippen LogP) is 2.88. The van der Waals surface area contributed by atoms with E-state index in [1.165, 1.54) is 36.6 Å². The molecule has 0 aliphatic rings. The van der Waals surface area contributed by atoms with Crippen LogP contribution in [0, 0.1) is 0 Å². The monoisotopic (exact) mass is 340 g/mol. The number of anilines is 2. The van der Waals surface area contributed by atoms with Crippen LogP contribution in [0.2, 0.25) is 0 Å². The minimum atomic E-state index is -1.04. The molecule has 0 saturated heterocycles. The van der Waals surface area contributed by atoms with Gasteiger partial charge in [0.1, 0.15) is 5.00 Å². The highest BCUT2D eigenvalue weighted by Gasteiger charge is 2.08. The van der Waals surface area contributed by atoms with E-state index >= 15 is 0 Å². The molecule has 7 nitrogen and oxygen atoms in total.